The van der Waals surface area contributed by atoms with Gasteiger partial charge in [-0.15, -0.1) is 10.2 Å². The van der Waals surface area contributed by atoms with Crippen LogP contribution in [0.15, 0.2) is 40.0 Å². The fourth-order valence-corrected chi connectivity index (χ4v) is 4.88. The second-order valence-corrected chi connectivity index (χ2v) is 10.3. The number of aryl methyl sites for hydroxylation is 1. The number of benzene rings is 1. The molecule has 0 aliphatic heterocycles. The predicted octanol–water partition coefficient (Wildman–Crippen LogP) is 4.68. The summed E-state index contributed by atoms with van der Waals surface area (Å²) in [6.45, 7) is 4.97. The third-order valence-corrected chi connectivity index (χ3v) is 6.89. The maximum atomic E-state index is 13.3. The van der Waals surface area contributed by atoms with E-state index in [0.717, 1.165) is 51.5 Å². The Labute approximate surface area is 207 Å². The summed E-state index contributed by atoms with van der Waals surface area (Å²) in [5.41, 5.74) is 1.36. The third-order valence-electron chi connectivity index (χ3n) is 6.38. The fraction of sp³-hybridized carbons (Fsp3) is 0.615. The van der Waals surface area contributed by atoms with Gasteiger partial charge >= 0.3 is 0 Å². The van der Waals surface area contributed by atoms with E-state index in [-0.39, 0.29) is 35.5 Å². The van der Waals surface area contributed by atoms with Crippen molar-refractivity contribution in [1.29, 1.82) is 0 Å². The monoisotopic (exact) mass is 486 g/mol. The molecule has 8 heteroatoms. The van der Waals surface area contributed by atoms with E-state index in [0.29, 0.717) is 11.6 Å². The highest BCUT2D eigenvalue weighted by molar-refractivity contribution is 7.98. The molecule has 0 spiro atoms. The molecule has 1 aliphatic rings. The zero-order valence-electron chi connectivity index (χ0n) is 20.6. The quantitative estimate of drug-likeness (QED) is 0.241. The van der Waals surface area contributed by atoms with Crippen molar-refractivity contribution in [2.45, 2.75) is 82.5 Å². The van der Waals surface area contributed by atoms with Crippen LogP contribution in [0.3, 0.4) is 0 Å². The lowest BCUT2D eigenvalue weighted by Gasteiger charge is -2.32. The summed E-state index contributed by atoms with van der Waals surface area (Å²) in [5.74, 6) is -0.287. The van der Waals surface area contributed by atoms with Crippen LogP contribution in [-0.4, -0.2) is 46.8 Å². The van der Waals surface area contributed by atoms with Crippen molar-refractivity contribution in [3.8, 4) is 0 Å². The average Bonchev–Trinajstić information content (AvgIpc) is 3.33. The van der Waals surface area contributed by atoms with Crippen molar-refractivity contribution >= 4 is 23.5 Å². The molecule has 34 heavy (non-hydrogen) atoms. The van der Waals surface area contributed by atoms with Crippen LogP contribution in [0.25, 0.3) is 0 Å². The summed E-state index contributed by atoms with van der Waals surface area (Å²) in [6, 6.07) is 10.0. The van der Waals surface area contributed by atoms with Gasteiger partial charge in [0.25, 0.3) is 11.1 Å². The number of carbonyl (C=O) groups is 2. The van der Waals surface area contributed by atoms with Gasteiger partial charge in [0.2, 0.25) is 11.7 Å². The molecule has 3 rings (SSSR count). The zero-order chi connectivity index (χ0) is 24.3. The highest BCUT2D eigenvalue weighted by Crippen LogP contribution is 2.25. The SMILES string of the molecule is CSc1nnc(C(=O)[C@H](CC(C)C)NC(=O)[C@@H]2CCCCC2NCCCCc2ccccc2)o1. The number of nitrogens with one attached hydrogen (secondary N) is 2. The summed E-state index contributed by atoms with van der Waals surface area (Å²) in [4.78, 5) is 26.3. The van der Waals surface area contributed by atoms with Crippen molar-refractivity contribution in [2.24, 2.45) is 11.8 Å². The average molecular weight is 487 g/mol. The molecular weight excluding hydrogens is 448 g/mol. The van der Waals surface area contributed by atoms with E-state index in [1.165, 1.54) is 17.3 Å². The lowest BCUT2D eigenvalue weighted by atomic mass is 9.83. The van der Waals surface area contributed by atoms with Crippen molar-refractivity contribution < 1.29 is 14.0 Å². The van der Waals surface area contributed by atoms with Gasteiger partial charge in [-0.2, -0.15) is 0 Å². The van der Waals surface area contributed by atoms with Crippen molar-refractivity contribution in [1.82, 2.24) is 20.8 Å². The first-order chi connectivity index (χ1) is 16.5. The van der Waals surface area contributed by atoms with Crippen LogP contribution >= 0.6 is 11.8 Å². The van der Waals surface area contributed by atoms with Crippen LogP contribution in [0.4, 0.5) is 0 Å². The van der Waals surface area contributed by atoms with Crippen LogP contribution in [0.2, 0.25) is 0 Å². The molecule has 1 heterocycles. The predicted molar refractivity (Wildman–Crippen MR) is 135 cm³/mol. The highest BCUT2D eigenvalue weighted by atomic mass is 32.2. The molecule has 186 valence electrons. The van der Waals surface area contributed by atoms with E-state index in [9.17, 15) is 9.59 Å². The lowest BCUT2D eigenvalue weighted by molar-refractivity contribution is -0.127. The summed E-state index contributed by atoms with van der Waals surface area (Å²) in [7, 11) is 0. The molecule has 1 fully saturated rings. The number of Topliss-reactive ketones (excluding diaryl/α,β-unsaturated/α-hetero) is 1. The van der Waals surface area contributed by atoms with Crippen LogP contribution in [0, 0.1) is 11.8 Å². The molecule has 1 unspecified atom stereocenters. The Morgan fingerprint density at radius 3 is 2.59 bits per heavy atom. The largest absolute Gasteiger partial charge is 0.408 e. The van der Waals surface area contributed by atoms with E-state index in [1.54, 1.807) is 0 Å². The number of hydrogen-bond acceptors (Lipinski definition) is 7. The Bertz CT molecular complexity index is 902. The highest BCUT2D eigenvalue weighted by Gasteiger charge is 2.34. The van der Waals surface area contributed by atoms with Gasteiger partial charge in [0, 0.05) is 6.04 Å². The van der Waals surface area contributed by atoms with Gasteiger partial charge in [0.1, 0.15) is 0 Å². The van der Waals surface area contributed by atoms with E-state index in [2.05, 4.69) is 45.1 Å². The van der Waals surface area contributed by atoms with E-state index in [1.807, 2.05) is 26.2 Å². The molecule has 0 radical (unpaired) electrons. The fourth-order valence-electron chi connectivity index (χ4n) is 4.60. The minimum absolute atomic E-state index is 0.0352. The van der Waals surface area contributed by atoms with Gasteiger partial charge in [-0.3, -0.25) is 9.59 Å². The first-order valence-corrected chi connectivity index (χ1v) is 13.7. The molecule has 7 nitrogen and oxygen atoms in total. The summed E-state index contributed by atoms with van der Waals surface area (Å²) >= 11 is 1.29. The number of thioether (sulfide) groups is 1. The Hall–Kier alpha value is -2.19. The minimum Gasteiger partial charge on any atom is -0.408 e. The molecule has 0 bridgehead atoms. The maximum absolute atomic E-state index is 13.3. The minimum atomic E-state index is -0.656. The van der Waals surface area contributed by atoms with Crippen LogP contribution in [0.1, 0.15) is 75.0 Å². The molecular formula is C26H38N4O3S. The molecule has 1 aliphatic carbocycles. The number of hydrogen-bond donors (Lipinski definition) is 2. The normalized spacial score (nSPS) is 19.2. The van der Waals surface area contributed by atoms with Crippen molar-refractivity contribution in [3.63, 3.8) is 0 Å². The number of aromatic nitrogens is 2. The van der Waals surface area contributed by atoms with Crippen LogP contribution in [-0.2, 0) is 11.2 Å². The molecule has 1 amide bonds. The Morgan fingerprint density at radius 2 is 1.88 bits per heavy atom. The second kappa shape index (κ2) is 13.6. The maximum Gasteiger partial charge on any atom is 0.286 e. The molecule has 1 saturated carbocycles. The Morgan fingerprint density at radius 1 is 1.12 bits per heavy atom. The molecule has 0 saturated heterocycles. The van der Waals surface area contributed by atoms with E-state index in [4.69, 9.17) is 4.42 Å². The first-order valence-electron chi connectivity index (χ1n) is 12.5. The number of amides is 1. The van der Waals surface area contributed by atoms with Gasteiger partial charge in [-0.05, 0) is 62.8 Å². The van der Waals surface area contributed by atoms with Crippen LogP contribution < -0.4 is 10.6 Å². The standard InChI is InChI=1S/C26H38N4O3S/c1-18(2)17-22(23(31)25-29-30-26(33-25)34-3)28-24(32)20-14-7-8-15-21(20)27-16-10-9-13-19-11-5-4-6-12-19/h4-6,11-12,18,20-22,27H,7-10,13-17H2,1-3H3,(H,28,32)/t20-,21?,22+/m1/s1. The smallest absolute Gasteiger partial charge is 0.286 e. The van der Waals surface area contributed by atoms with Gasteiger partial charge in [-0.25, -0.2) is 0 Å². The Kier molecular flexibility index (Phi) is 10.6. The number of unbranched alkanes of at least 4 members (excludes halogenated alkanes) is 1. The van der Waals surface area contributed by atoms with Crippen LogP contribution in [0.5, 0.6) is 0 Å². The summed E-state index contributed by atoms with van der Waals surface area (Å²) in [5, 5.41) is 14.8. The number of rotatable bonds is 13. The molecule has 2 N–H and O–H groups in total. The topological polar surface area (TPSA) is 97.1 Å². The summed E-state index contributed by atoms with van der Waals surface area (Å²) < 4.78 is 5.44. The van der Waals surface area contributed by atoms with Gasteiger partial charge in [0.05, 0.1) is 12.0 Å². The van der Waals surface area contributed by atoms with Crippen molar-refractivity contribution in [3.05, 3.63) is 41.8 Å². The Balaban J connectivity index is 1.54. The van der Waals surface area contributed by atoms with Gasteiger partial charge in [-0.1, -0.05) is 68.8 Å². The number of ketones is 1. The molecule has 3 atom stereocenters. The van der Waals surface area contributed by atoms with Gasteiger partial charge in [0.15, 0.2) is 0 Å². The summed E-state index contributed by atoms with van der Waals surface area (Å²) in [6.07, 6.45) is 9.60. The zero-order valence-corrected chi connectivity index (χ0v) is 21.4. The van der Waals surface area contributed by atoms with Gasteiger partial charge < -0.3 is 15.1 Å². The molecule has 1 aromatic carbocycles. The lowest BCUT2D eigenvalue weighted by Crippen LogP contribution is -2.51. The second-order valence-electron chi connectivity index (χ2n) is 9.53. The van der Waals surface area contributed by atoms with Crippen molar-refractivity contribution in [2.75, 3.05) is 12.8 Å². The third kappa shape index (κ3) is 7.94. The number of nitrogens with zero attached hydrogens (tertiary/aromatic N) is 2. The first kappa shape index (κ1) is 26.4. The molecule has 1 aromatic heterocycles. The van der Waals surface area contributed by atoms with E-state index < -0.39 is 6.04 Å². The number of carbonyl (C=O) groups excluding carboxylic acids is 2. The van der Waals surface area contributed by atoms with E-state index >= 15 is 0 Å². The molecule has 2 aromatic rings.